The molecule has 0 aliphatic rings. The Balaban J connectivity index is 2.32. The normalized spacial score (nSPS) is 11.4. The minimum atomic E-state index is -3.67. The Morgan fingerprint density at radius 1 is 1.17 bits per heavy atom. The van der Waals surface area contributed by atoms with E-state index in [1.807, 2.05) is 37.3 Å². The average Bonchev–Trinajstić information content (AvgIpc) is 2.58. The second kappa shape index (κ2) is 8.06. The Morgan fingerprint density at radius 2 is 1.88 bits per heavy atom. The first-order valence-corrected chi connectivity index (χ1v) is 8.96. The fraction of sp³-hybridized carbons (Fsp3) is 0.278. The highest BCUT2D eigenvalue weighted by Crippen LogP contribution is 2.19. The third-order valence-corrected chi connectivity index (χ3v) is 5.47. The Labute approximate surface area is 143 Å². The van der Waals surface area contributed by atoms with E-state index >= 15 is 0 Å². The molecule has 2 aromatic carbocycles. The van der Waals surface area contributed by atoms with Gasteiger partial charge in [0.25, 0.3) is 0 Å². The molecule has 24 heavy (non-hydrogen) atoms. The van der Waals surface area contributed by atoms with Crippen molar-refractivity contribution in [1.29, 1.82) is 5.26 Å². The number of nitriles is 1. The lowest BCUT2D eigenvalue weighted by Crippen LogP contribution is -2.33. The minimum absolute atomic E-state index is 0.172. The van der Waals surface area contributed by atoms with Crippen LogP contribution in [0.15, 0.2) is 53.4 Å². The van der Waals surface area contributed by atoms with Crippen molar-refractivity contribution in [3.8, 4) is 6.07 Å². The van der Waals surface area contributed by atoms with E-state index in [2.05, 4.69) is 0 Å². The molecule has 0 spiro atoms. The van der Waals surface area contributed by atoms with Crippen LogP contribution in [-0.4, -0.2) is 33.0 Å². The molecule has 0 aromatic heterocycles. The molecule has 0 bridgehead atoms. The van der Waals surface area contributed by atoms with Gasteiger partial charge in [-0.2, -0.15) is 9.57 Å². The van der Waals surface area contributed by atoms with Crippen LogP contribution in [0.4, 0.5) is 0 Å². The second-order valence-corrected chi connectivity index (χ2v) is 7.39. The maximum absolute atomic E-state index is 12.9. The molecule has 0 heterocycles. The zero-order valence-corrected chi connectivity index (χ0v) is 14.6. The summed E-state index contributed by atoms with van der Waals surface area (Å²) in [5, 5.41) is 8.85. The molecule has 5 nitrogen and oxygen atoms in total. The summed E-state index contributed by atoms with van der Waals surface area (Å²) in [5.41, 5.74) is 2.43. The van der Waals surface area contributed by atoms with Crippen LogP contribution in [0.2, 0.25) is 0 Å². The lowest BCUT2D eigenvalue weighted by molar-refractivity contribution is 0.177. The van der Waals surface area contributed by atoms with Crippen molar-refractivity contribution in [2.75, 3.05) is 20.3 Å². The van der Waals surface area contributed by atoms with Crippen LogP contribution < -0.4 is 0 Å². The van der Waals surface area contributed by atoms with Gasteiger partial charge in [0.15, 0.2) is 0 Å². The SMILES string of the molecule is COCCN(Cc1cccc(C)c1)S(=O)(=O)c1ccc(C#N)cc1. The van der Waals surface area contributed by atoms with Crippen molar-refractivity contribution in [3.63, 3.8) is 0 Å². The molecule has 2 rings (SSSR count). The number of hydrogen-bond donors (Lipinski definition) is 0. The molecule has 0 atom stereocenters. The number of aryl methyl sites for hydroxylation is 1. The molecule has 0 aliphatic carbocycles. The fourth-order valence-electron chi connectivity index (χ4n) is 2.34. The van der Waals surface area contributed by atoms with Gasteiger partial charge >= 0.3 is 0 Å². The Bertz CT molecular complexity index is 824. The zero-order valence-electron chi connectivity index (χ0n) is 13.8. The van der Waals surface area contributed by atoms with E-state index in [4.69, 9.17) is 10.00 Å². The van der Waals surface area contributed by atoms with E-state index in [1.165, 1.54) is 28.6 Å². The van der Waals surface area contributed by atoms with Crippen molar-refractivity contribution in [1.82, 2.24) is 4.31 Å². The molecular formula is C18H20N2O3S. The van der Waals surface area contributed by atoms with Gasteiger partial charge in [0, 0.05) is 20.2 Å². The summed E-state index contributed by atoms with van der Waals surface area (Å²) in [6.07, 6.45) is 0. The first-order chi connectivity index (χ1) is 11.5. The summed E-state index contributed by atoms with van der Waals surface area (Å²) in [4.78, 5) is 0.172. The second-order valence-electron chi connectivity index (χ2n) is 5.46. The van der Waals surface area contributed by atoms with E-state index < -0.39 is 10.0 Å². The van der Waals surface area contributed by atoms with Crippen molar-refractivity contribution >= 4 is 10.0 Å². The van der Waals surface area contributed by atoms with Crippen molar-refractivity contribution in [2.45, 2.75) is 18.4 Å². The third kappa shape index (κ3) is 4.42. The first-order valence-electron chi connectivity index (χ1n) is 7.52. The number of nitrogens with zero attached hydrogens (tertiary/aromatic N) is 2. The predicted octanol–water partition coefficient (Wildman–Crippen LogP) is 2.70. The molecule has 0 fully saturated rings. The number of methoxy groups -OCH3 is 1. The van der Waals surface area contributed by atoms with Gasteiger partial charge in [0.2, 0.25) is 10.0 Å². The molecule has 0 unspecified atom stereocenters. The molecule has 0 radical (unpaired) electrons. The summed E-state index contributed by atoms with van der Waals surface area (Å²) < 4.78 is 32.3. The molecule has 126 valence electrons. The molecule has 0 saturated heterocycles. The van der Waals surface area contributed by atoms with Gasteiger partial charge in [-0.25, -0.2) is 8.42 Å². The summed E-state index contributed by atoms with van der Waals surface area (Å²) >= 11 is 0. The van der Waals surface area contributed by atoms with Crippen LogP contribution in [0, 0.1) is 18.3 Å². The number of sulfonamides is 1. The molecule has 0 saturated carbocycles. The molecule has 0 aliphatic heterocycles. The van der Waals surface area contributed by atoms with Gasteiger partial charge in [-0.1, -0.05) is 29.8 Å². The van der Waals surface area contributed by atoms with Gasteiger partial charge in [0.05, 0.1) is 23.1 Å². The monoisotopic (exact) mass is 344 g/mol. The molecule has 6 heteroatoms. The number of benzene rings is 2. The zero-order chi connectivity index (χ0) is 17.6. The average molecular weight is 344 g/mol. The van der Waals surface area contributed by atoms with Crippen LogP contribution in [0.3, 0.4) is 0 Å². The summed E-state index contributed by atoms with van der Waals surface area (Å²) in [6, 6.07) is 15.7. The molecular weight excluding hydrogens is 324 g/mol. The minimum Gasteiger partial charge on any atom is -0.383 e. The molecule has 2 aromatic rings. The van der Waals surface area contributed by atoms with Crippen molar-refractivity contribution in [3.05, 3.63) is 65.2 Å². The van der Waals surface area contributed by atoms with Gasteiger partial charge in [-0.05, 0) is 36.8 Å². The standard InChI is InChI=1S/C18H20N2O3S/c1-15-4-3-5-17(12-15)14-20(10-11-23-2)24(21,22)18-8-6-16(13-19)7-9-18/h3-9,12H,10-11,14H2,1-2H3. The summed E-state index contributed by atoms with van der Waals surface area (Å²) in [7, 11) is -2.12. The maximum atomic E-state index is 12.9. The van der Waals surface area contributed by atoms with E-state index in [-0.39, 0.29) is 18.0 Å². The number of ether oxygens (including phenoxy) is 1. The van der Waals surface area contributed by atoms with Crippen LogP contribution in [0.25, 0.3) is 0 Å². The smallest absolute Gasteiger partial charge is 0.243 e. The van der Waals surface area contributed by atoms with E-state index in [0.717, 1.165) is 11.1 Å². The number of hydrogen-bond acceptors (Lipinski definition) is 4. The van der Waals surface area contributed by atoms with Crippen molar-refractivity contribution in [2.24, 2.45) is 0 Å². The maximum Gasteiger partial charge on any atom is 0.243 e. The Morgan fingerprint density at radius 3 is 2.46 bits per heavy atom. The first kappa shape index (κ1) is 18.1. The van der Waals surface area contributed by atoms with Gasteiger partial charge in [-0.3, -0.25) is 0 Å². The van der Waals surface area contributed by atoms with E-state index in [0.29, 0.717) is 12.2 Å². The topological polar surface area (TPSA) is 70.4 Å². The molecule has 0 amide bonds. The highest BCUT2D eigenvalue weighted by Gasteiger charge is 2.24. The van der Waals surface area contributed by atoms with Crippen LogP contribution in [-0.2, 0) is 21.3 Å². The van der Waals surface area contributed by atoms with E-state index in [1.54, 1.807) is 7.11 Å². The van der Waals surface area contributed by atoms with Gasteiger partial charge < -0.3 is 4.74 Å². The van der Waals surface area contributed by atoms with Crippen molar-refractivity contribution < 1.29 is 13.2 Å². The lowest BCUT2D eigenvalue weighted by Gasteiger charge is -2.22. The van der Waals surface area contributed by atoms with E-state index in [9.17, 15) is 8.42 Å². The Kier molecular flexibility index (Phi) is 6.10. The predicted molar refractivity (Wildman–Crippen MR) is 91.8 cm³/mol. The van der Waals surface area contributed by atoms with Crippen LogP contribution in [0.1, 0.15) is 16.7 Å². The number of rotatable bonds is 7. The largest absolute Gasteiger partial charge is 0.383 e. The molecule has 0 N–H and O–H groups in total. The Hall–Kier alpha value is -2.20. The van der Waals surface area contributed by atoms with Crippen LogP contribution in [0.5, 0.6) is 0 Å². The highest BCUT2D eigenvalue weighted by atomic mass is 32.2. The summed E-state index contributed by atoms with van der Waals surface area (Å²) in [6.45, 7) is 2.81. The third-order valence-electron chi connectivity index (χ3n) is 3.61. The summed E-state index contributed by atoms with van der Waals surface area (Å²) in [5.74, 6) is 0. The highest BCUT2D eigenvalue weighted by molar-refractivity contribution is 7.89. The van der Waals surface area contributed by atoms with Gasteiger partial charge in [-0.15, -0.1) is 0 Å². The lowest BCUT2D eigenvalue weighted by atomic mass is 10.1. The quantitative estimate of drug-likeness (QED) is 0.774. The fourth-order valence-corrected chi connectivity index (χ4v) is 3.75. The van der Waals surface area contributed by atoms with Gasteiger partial charge in [0.1, 0.15) is 0 Å². The van der Waals surface area contributed by atoms with Crippen LogP contribution >= 0.6 is 0 Å².